The highest BCUT2D eigenvalue weighted by molar-refractivity contribution is 5.81. The van der Waals surface area contributed by atoms with Gasteiger partial charge in [-0.2, -0.15) is 0 Å². The standard InChI is InChI=1S/C23H31N3O2/c1-28-15-5-14-26-18-23(11-9-22(26)27)10-4-13-25(17-23)16-19-6-2-8-21-20(19)7-3-12-24-21/h2-3,6-8,12H,4-5,9-11,13-18H2,1H3/t23-/m1/s1. The van der Waals surface area contributed by atoms with Gasteiger partial charge in [0.05, 0.1) is 5.52 Å². The second kappa shape index (κ2) is 8.58. The van der Waals surface area contributed by atoms with Crippen LogP contribution in [0.5, 0.6) is 0 Å². The summed E-state index contributed by atoms with van der Waals surface area (Å²) in [5.74, 6) is 0.318. The fourth-order valence-electron chi connectivity index (χ4n) is 5.03. The Bertz CT molecular complexity index is 819. The number of amides is 1. The van der Waals surface area contributed by atoms with Crippen LogP contribution < -0.4 is 0 Å². The zero-order chi connectivity index (χ0) is 19.4. The first-order valence-corrected chi connectivity index (χ1v) is 10.5. The van der Waals surface area contributed by atoms with Gasteiger partial charge in [0.1, 0.15) is 0 Å². The van der Waals surface area contributed by atoms with Gasteiger partial charge in [-0.25, -0.2) is 0 Å². The van der Waals surface area contributed by atoms with E-state index in [1.807, 2.05) is 12.3 Å². The lowest BCUT2D eigenvalue weighted by Gasteiger charge is -2.48. The Morgan fingerprint density at radius 3 is 3.00 bits per heavy atom. The van der Waals surface area contributed by atoms with Crippen molar-refractivity contribution in [2.75, 3.05) is 39.9 Å². The molecule has 0 bridgehead atoms. The monoisotopic (exact) mass is 381 g/mol. The summed E-state index contributed by atoms with van der Waals surface area (Å²) in [5.41, 5.74) is 2.67. The van der Waals surface area contributed by atoms with Crippen LogP contribution >= 0.6 is 0 Å². The SMILES string of the molecule is COCCCN1C[C@]2(CCCN(Cc3cccc4ncccc34)C2)CCC1=O. The lowest BCUT2D eigenvalue weighted by Crippen LogP contribution is -2.54. The summed E-state index contributed by atoms with van der Waals surface area (Å²) >= 11 is 0. The topological polar surface area (TPSA) is 45.7 Å². The van der Waals surface area contributed by atoms with Gasteiger partial charge >= 0.3 is 0 Å². The van der Waals surface area contributed by atoms with Crippen molar-refractivity contribution in [1.82, 2.24) is 14.8 Å². The Morgan fingerprint density at radius 1 is 1.18 bits per heavy atom. The zero-order valence-corrected chi connectivity index (χ0v) is 16.9. The molecule has 0 unspecified atom stereocenters. The molecule has 2 aliphatic rings. The van der Waals surface area contributed by atoms with Crippen LogP contribution in [0.2, 0.25) is 0 Å². The normalized spacial score (nSPS) is 23.6. The Morgan fingerprint density at radius 2 is 2.11 bits per heavy atom. The summed E-state index contributed by atoms with van der Waals surface area (Å²) in [4.78, 5) is 21.6. The molecule has 1 aromatic carbocycles. The van der Waals surface area contributed by atoms with E-state index in [2.05, 4.69) is 39.0 Å². The van der Waals surface area contributed by atoms with Crippen molar-refractivity contribution in [3.05, 3.63) is 42.1 Å². The highest BCUT2D eigenvalue weighted by Crippen LogP contribution is 2.39. The van der Waals surface area contributed by atoms with Crippen molar-refractivity contribution in [1.29, 1.82) is 0 Å². The number of aromatic nitrogens is 1. The molecule has 5 nitrogen and oxygen atoms in total. The average Bonchev–Trinajstić information content (AvgIpc) is 2.72. The first-order chi connectivity index (χ1) is 13.7. The number of benzene rings is 1. The van der Waals surface area contributed by atoms with Crippen LogP contribution in [0.4, 0.5) is 0 Å². The molecule has 2 fully saturated rings. The lowest BCUT2D eigenvalue weighted by molar-refractivity contribution is -0.139. The van der Waals surface area contributed by atoms with Crippen LogP contribution in [-0.2, 0) is 16.1 Å². The largest absolute Gasteiger partial charge is 0.385 e. The summed E-state index contributed by atoms with van der Waals surface area (Å²) in [7, 11) is 1.72. The van der Waals surface area contributed by atoms with Crippen LogP contribution in [0, 0.1) is 5.41 Å². The van der Waals surface area contributed by atoms with E-state index in [0.29, 0.717) is 12.3 Å². The van der Waals surface area contributed by atoms with Gasteiger partial charge in [0.25, 0.3) is 0 Å². The molecule has 0 radical (unpaired) electrons. The van der Waals surface area contributed by atoms with E-state index in [0.717, 1.165) is 57.7 Å². The van der Waals surface area contributed by atoms with Crippen LogP contribution in [0.3, 0.4) is 0 Å². The molecule has 3 heterocycles. The van der Waals surface area contributed by atoms with Gasteiger partial charge in [0.15, 0.2) is 0 Å². The molecule has 4 rings (SSSR count). The second-order valence-electron chi connectivity index (χ2n) is 8.46. The molecule has 1 amide bonds. The third kappa shape index (κ3) is 4.20. The number of piperidine rings is 2. The molecule has 0 saturated carbocycles. The number of carbonyl (C=O) groups excluding carboxylic acids is 1. The fourth-order valence-corrected chi connectivity index (χ4v) is 5.03. The quantitative estimate of drug-likeness (QED) is 0.719. The Kier molecular flexibility index (Phi) is 5.93. The van der Waals surface area contributed by atoms with Gasteiger partial charge in [0.2, 0.25) is 5.91 Å². The van der Waals surface area contributed by atoms with E-state index in [1.165, 1.54) is 23.8 Å². The number of ether oxygens (including phenoxy) is 1. The van der Waals surface area contributed by atoms with E-state index in [-0.39, 0.29) is 5.41 Å². The van der Waals surface area contributed by atoms with Gasteiger partial charge < -0.3 is 9.64 Å². The summed E-state index contributed by atoms with van der Waals surface area (Å²) < 4.78 is 5.17. The van der Waals surface area contributed by atoms with Crippen LogP contribution in [0.25, 0.3) is 10.9 Å². The lowest BCUT2D eigenvalue weighted by atomic mass is 9.73. The van der Waals surface area contributed by atoms with Crippen molar-refractivity contribution in [3.8, 4) is 0 Å². The molecule has 2 aliphatic heterocycles. The van der Waals surface area contributed by atoms with Gasteiger partial charge in [0, 0.05) is 63.3 Å². The summed E-state index contributed by atoms with van der Waals surface area (Å²) in [6.45, 7) is 5.63. The molecule has 1 aromatic heterocycles. The van der Waals surface area contributed by atoms with Crippen molar-refractivity contribution in [3.63, 3.8) is 0 Å². The number of fused-ring (bicyclic) bond motifs is 1. The van der Waals surface area contributed by atoms with Gasteiger partial charge in [-0.1, -0.05) is 18.2 Å². The first kappa shape index (κ1) is 19.3. The predicted octanol–water partition coefficient (Wildman–Crippen LogP) is 3.48. The number of likely N-dealkylation sites (tertiary alicyclic amines) is 2. The molecule has 0 N–H and O–H groups in total. The summed E-state index contributed by atoms with van der Waals surface area (Å²) in [6, 6.07) is 10.6. The second-order valence-corrected chi connectivity index (χ2v) is 8.46. The Labute approximate surface area is 167 Å². The summed E-state index contributed by atoms with van der Waals surface area (Å²) in [5, 5.41) is 1.25. The maximum atomic E-state index is 12.4. The molecule has 0 aliphatic carbocycles. The summed E-state index contributed by atoms with van der Waals surface area (Å²) in [6.07, 6.45) is 6.95. The molecule has 1 atom stereocenters. The number of hydrogen-bond donors (Lipinski definition) is 0. The molecular weight excluding hydrogens is 350 g/mol. The smallest absolute Gasteiger partial charge is 0.222 e. The van der Waals surface area contributed by atoms with E-state index in [1.54, 1.807) is 7.11 Å². The van der Waals surface area contributed by atoms with Crippen molar-refractivity contribution in [2.24, 2.45) is 5.41 Å². The number of hydrogen-bond acceptors (Lipinski definition) is 4. The van der Waals surface area contributed by atoms with Crippen molar-refractivity contribution >= 4 is 16.8 Å². The number of carbonyl (C=O) groups is 1. The maximum absolute atomic E-state index is 12.4. The highest BCUT2D eigenvalue weighted by atomic mass is 16.5. The molecule has 150 valence electrons. The third-order valence-electron chi connectivity index (χ3n) is 6.40. The fraction of sp³-hybridized carbons (Fsp3) is 0.565. The molecular formula is C23H31N3O2. The number of nitrogens with zero attached hydrogens (tertiary/aromatic N) is 3. The molecule has 5 heteroatoms. The van der Waals surface area contributed by atoms with Gasteiger partial charge in [-0.15, -0.1) is 0 Å². The Hall–Kier alpha value is -1.98. The molecule has 28 heavy (non-hydrogen) atoms. The number of rotatable bonds is 6. The molecule has 2 aromatic rings. The van der Waals surface area contributed by atoms with E-state index in [9.17, 15) is 4.79 Å². The minimum absolute atomic E-state index is 0.252. The van der Waals surface area contributed by atoms with Crippen LogP contribution in [0.15, 0.2) is 36.5 Å². The third-order valence-corrected chi connectivity index (χ3v) is 6.40. The molecule has 2 saturated heterocycles. The zero-order valence-electron chi connectivity index (χ0n) is 16.9. The van der Waals surface area contributed by atoms with Crippen molar-refractivity contribution < 1.29 is 9.53 Å². The van der Waals surface area contributed by atoms with E-state index < -0.39 is 0 Å². The van der Waals surface area contributed by atoms with Crippen molar-refractivity contribution in [2.45, 2.75) is 38.6 Å². The van der Waals surface area contributed by atoms with Crippen LogP contribution in [0.1, 0.15) is 37.7 Å². The first-order valence-electron chi connectivity index (χ1n) is 10.5. The minimum Gasteiger partial charge on any atom is -0.385 e. The molecule has 1 spiro atoms. The number of pyridine rings is 1. The number of methoxy groups -OCH3 is 1. The van der Waals surface area contributed by atoms with E-state index >= 15 is 0 Å². The van der Waals surface area contributed by atoms with E-state index in [4.69, 9.17) is 4.74 Å². The Balaban J connectivity index is 1.45. The maximum Gasteiger partial charge on any atom is 0.222 e. The average molecular weight is 382 g/mol. The van der Waals surface area contributed by atoms with Gasteiger partial charge in [-0.3, -0.25) is 14.7 Å². The minimum atomic E-state index is 0.252. The van der Waals surface area contributed by atoms with Crippen LogP contribution in [-0.4, -0.2) is 60.6 Å². The highest BCUT2D eigenvalue weighted by Gasteiger charge is 2.41. The van der Waals surface area contributed by atoms with Gasteiger partial charge in [-0.05, 0) is 49.9 Å². The predicted molar refractivity (Wildman–Crippen MR) is 111 cm³/mol.